The predicted molar refractivity (Wildman–Crippen MR) is 154 cm³/mol. The normalized spacial score (nSPS) is 22.9. The second-order valence-corrected chi connectivity index (χ2v) is 17.5. The molecule has 1 unspecified atom stereocenters. The number of Topliss-reactive ketones (excluding diaryl/α,β-unsaturated/α-hetero) is 1. The Labute approximate surface area is 236 Å². The molecule has 0 aliphatic carbocycles. The molecule has 2 aromatic heterocycles. The van der Waals surface area contributed by atoms with E-state index in [-0.39, 0.29) is 23.0 Å². The van der Waals surface area contributed by atoms with Gasteiger partial charge in [-0.15, -0.1) is 0 Å². The molecule has 1 saturated heterocycles. The molecule has 3 N–H and O–H groups in total. The number of ether oxygens (including phenoxy) is 2. The van der Waals surface area contributed by atoms with Crippen molar-refractivity contribution in [2.45, 2.75) is 95.9 Å². The van der Waals surface area contributed by atoms with Crippen LogP contribution < -0.4 is 10.1 Å². The van der Waals surface area contributed by atoms with Crippen molar-refractivity contribution in [2.75, 3.05) is 11.9 Å². The van der Waals surface area contributed by atoms with Crippen molar-refractivity contribution >= 4 is 31.1 Å². The zero-order valence-corrected chi connectivity index (χ0v) is 25.5. The summed E-state index contributed by atoms with van der Waals surface area (Å²) in [5.41, 5.74) is 0.637. The molecule has 12 heteroatoms. The van der Waals surface area contributed by atoms with E-state index in [4.69, 9.17) is 13.9 Å². The van der Waals surface area contributed by atoms with E-state index in [1.807, 2.05) is 52.1 Å². The van der Waals surface area contributed by atoms with Crippen LogP contribution >= 0.6 is 0 Å². The van der Waals surface area contributed by atoms with Crippen LogP contribution in [0.2, 0.25) is 18.1 Å². The van der Waals surface area contributed by atoms with Gasteiger partial charge in [0.05, 0.1) is 6.33 Å². The van der Waals surface area contributed by atoms with E-state index in [1.54, 1.807) is 16.7 Å². The lowest BCUT2D eigenvalue weighted by molar-refractivity contribution is -0.141. The number of ketones is 1. The Morgan fingerprint density at radius 2 is 1.75 bits per heavy atom. The first-order valence-electron chi connectivity index (χ1n) is 13.4. The van der Waals surface area contributed by atoms with E-state index in [1.165, 1.54) is 12.7 Å². The SMILES string of the molecule is CC(C)(C)Nc1ncnc2c1ncn2[C@@H]1O[C@H](C(O[Si](C)(C)C(C)(C)C)C(=O)COc2ccccc2)[C@@H](O)[C@H]1O. The van der Waals surface area contributed by atoms with Crippen LogP contribution in [0.5, 0.6) is 5.75 Å². The first-order valence-corrected chi connectivity index (χ1v) is 16.4. The first kappa shape index (κ1) is 30.1. The number of aromatic nitrogens is 4. The van der Waals surface area contributed by atoms with Gasteiger partial charge in [-0.05, 0) is 51.0 Å². The third-order valence-corrected chi connectivity index (χ3v) is 11.8. The van der Waals surface area contributed by atoms with Crippen LogP contribution in [0.15, 0.2) is 43.0 Å². The lowest BCUT2D eigenvalue weighted by Crippen LogP contribution is -2.53. The first-order chi connectivity index (χ1) is 18.6. The minimum atomic E-state index is -2.52. The topological polar surface area (TPSA) is 141 Å². The van der Waals surface area contributed by atoms with E-state index in [9.17, 15) is 15.0 Å². The van der Waals surface area contributed by atoms with Crippen LogP contribution in [0, 0.1) is 0 Å². The molecule has 0 amide bonds. The fraction of sp³-hybridized carbons (Fsp3) is 0.571. The number of fused-ring (bicyclic) bond motifs is 1. The third kappa shape index (κ3) is 6.36. The molecule has 0 bridgehead atoms. The Bertz CT molecular complexity index is 1320. The van der Waals surface area contributed by atoms with E-state index in [0.717, 1.165) is 0 Å². The lowest BCUT2D eigenvalue weighted by atomic mass is 10.0. The van der Waals surface area contributed by atoms with Crippen LogP contribution in [0.4, 0.5) is 5.82 Å². The summed E-state index contributed by atoms with van der Waals surface area (Å²) >= 11 is 0. The fourth-order valence-electron chi connectivity index (χ4n) is 4.21. The maximum atomic E-state index is 13.6. The third-order valence-electron chi connectivity index (χ3n) is 7.37. The molecule has 5 atom stereocenters. The van der Waals surface area contributed by atoms with Crippen LogP contribution in [0.25, 0.3) is 11.2 Å². The molecule has 0 spiro atoms. The highest BCUT2D eigenvalue weighted by atomic mass is 28.4. The number of para-hydroxylation sites is 1. The van der Waals surface area contributed by atoms with Gasteiger partial charge in [0.1, 0.15) is 43.1 Å². The van der Waals surface area contributed by atoms with E-state index in [2.05, 4.69) is 41.0 Å². The highest BCUT2D eigenvalue weighted by Crippen LogP contribution is 2.40. The minimum Gasteiger partial charge on any atom is -0.486 e. The summed E-state index contributed by atoms with van der Waals surface area (Å²) in [6, 6.07) is 9.00. The minimum absolute atomic E-state index is 0.221. The molecule has 3 aromatic rings. The van der Waals surface area contributed by atoms with Gasteiger partial charge < -0.3 is 29.4 Å². The second kappa shape index (κ2) is 11.2. The van der Waals surface area contributed by atoms with Crippen LogP contribution in [-0.4, -0.2) is 80.4 Å². The fourth-order valence-corrected chi connectivity index (χ4v) is 5.47. The van der Waals surface area contributed by atoms with Crippen molar-refractivity contribution in [1.82, 2.24) is 19.5 Å². The van der Waals surface area contributed by atoms with Gasteiger partial charge in [0.2, 0.25) is 0 Å². The summed E-state index contributed by atoms with van der Waals surface area (Å²) in [4.78, 5) is 26.7. The molecule has 40 heavy (non-hydrogen) atoms. The number of aliphatic hydroxyl groups excluding tert-OH is 2. The lowest BCUT2D eigenvalue weighted by Gasteiger charge is -2.40. The number of anilines is 1. The van der Waals surface area contributed by atoms with Crippen molar-refractivity contribution in [3.05, 3.63) is 43.0 Å². The molecule has 11 nitrogen and oxygen atoms in total. The summed E-state index contributed by atoms with van der Waals surface area (Å²) < 4.78 is 20.0. The molecule has 1 fully saturated rings. The highest BCUT2D eigenvalue weighted by Gasteiger charge is 2.52. The smallest absolute Gasteiger partial charge is 0.200 e. The van der Waals surface area contributed by atoms with E-state index < -0.39 is 39.0 Å². The number of rotatable bonds is 9. The molecule has 4 rings (SSSR count). The predicted octanol–water partition coefficient (Wildman–Crippen LogP) is 3.69. The van der Waals surface area contributed by atoms with Crippen molar-refractivity contribution in [2.24, 2.45) is 0 Å². The number of nitrogens with zero attached hydrogens (tertiary/aromatic N) is 4. The van der Waals surface area contributed by atoms with Crippen molar-refractivity contribution in [3.63, 3.8) is 0 Å². The van der Waals surface area contributed by atoms with Gasteiger partial charge >= 0.3 is 0 Å². The number of hydrogen-bond donors (Lipinski definition) is 3. The largest absolute Gasteiger partial charge is 0.486 e. The van der Waals surface area contributed by atoms with E-state index >= 15 is 0 Å². The van der Waals surface area contributed by atoms with Crippen LogP contribution in [0.3, 0.4) is 0 Å². The van der Waals surface area contributed by atoms with Gasteiger partial charge in [-0.3, -0.25) is 9.36 Å². The van der Waals surface area contributed by atoms with Gasteiger partial charge in [-0.1, -0.05) is 39.0 Å². The zero-order valence-electron chi connectivity index (χ0n) is 24.5. The van der Waals surface area contributed by atoms with Gasteiger partial charge in [0.15, 0.2) is 37.3 Å². The van der Waals surface area contributed by atoms with Crippen molar-refractivity contribution in [3.8, 4) is 5.75 Å². The van der Waals surface area contributed by atoms with Gasteiger partial charge in [0, 0.05) is 5.54 Å². The van der Waals surface area contributed by atoms with Crippen LogP contribution in [-0.2, 0) is 14.0 Å². The number of aliphatic hydroxyl groups is 2. The average molecular weight is 572 g/mol. The zero-order chi connectivity index (χ0) is 29.5. The molecule has 1 aliphatic heterocycles. The van der Waals surface area contributed by atoms with Crippen molar-refractivity contribution in [1.29, 1.82) is 0 Å². The van der Waals surface area contributed by atoms with Crippen molar-refractivity contribution < 1.29 is 28.9 Å². The Morgan fingerprint density at radius 3 is 2.38 bits per heavy atom. The Hall–Kier alpha value is -2.90. The Balaban J connectivity index is 1.64. The second-order valence-electron chi connectivity index (χ2n) is 12.8. The summed E-state index contributed by atoms with van der Waals surface area (Å²) in [6.07, 6.45) is -3.26. The Kier molecular flexibility index (Phi) is 8.39. The number of carbonyl (C=O) groups excluding carboxylic acids is 1. The number of benzene rings is 1. The summed E-state index contributed by atoms with van der Waals surface area (Å²) in [5.74, 6) is 0.685. The monoisotopic (exact) mass is 571 g/mol. The number of carbonyl (C=O) groups is 1. The molecule has 0 saturated carbocycles. The molecule has 1 aromatic carbocycles. The molecule has 1 aliphatic rings. The summed E-state index contributed by atoms with van der Waals surface area (Å²) in [6.45, 7) is 16.0. The number of imidazole rings is 1. The maximum absolute atomic E-state index is 13.6. The number of nitrogens with one attached hydrogen (secondary N) is 1. The molecule has 0 radical (unpaired) electrons. The maximum Gasteiger partial charge on any atom is 0.200 e. The number of hydrogen-bond acceptors (Lipinski definition) is 10. The summed E-state index contributed by atoms with van der Waals surface area (Å²) in [7, 11) is -2.52. The summed E-state index contributed by atoms with van der Waals surface area (Å²) in [5, 5.41) is 25.4. The molecular formula is C28H41N5O6Si. The molecule has 3 heterocycles. The van der Waals surface area contributed by atoms with Gasteiger partial charge in [-0.25, -0.2) is 15.0 Å². The highest BCUT2D eigenvalue weighted by molar-refractivity contribution is 6.74. The Morgan fingerprint density at radius 1 is 1.07 bits per heavy atom. The standard InChI is InChI=1S/C28H41N5O6Si/c1-27(2,3)32-24-19-25(30-15-29-24)33(16-31-19)26-21(36)20(35)23(38-26)22(39-40(7,8)28(4,5)6)18(34)14-37-17-12-10-9-11-13-17/h9-13,15-16,20-23,26,35-36H,14H2,1-8H3,(H,29,30,32)/t20-,21+,22?,23-,26+/m0/s1. The average Bonchev–Trinajstić information content (AvgIpc) is 3.42. The van der Waals surface area contributed by atoms with E-state index in [0.29, 0.717) is 22.7 Å². The van der Waals surface area contributed by atoms with Gasteiger partial charge in [-0.2, -0.15) is 0 Å². The quantitative estimate of drug-likeness (QED) is 0.326. The van der Waals surface area contributed by atoms with Crippen LogP contribution in [0.1, 0.15) is 47.8 Å². The molecule has 218 valence electrons. The molecular weight excluding hydrogens is 530 g/mol. The van der Waals surface area contributed by atoms with Gasteiger partial charge in [0.25, 0.3) is 0 Å².